The average Bonchev–Trinajstić information content (AvgIpc) is 3.16. The summed E-state index contributed by atoms with van der Waals surface area (Å²) in [5, 5.41) is 7.23. The number of rotatable bonds is 4. The Balaban J connectivity index is 1.44. The van der Waals surface area contributed by atoms with Gasteiger partial charge in [0.1, 0.15) is 5.82 Å². The first-order valence-corrected chi connectivity index (χ1v) is 9.06. The highest BCUT2D eigenvalue weighted by Crippen LogP contribution is 2.34. The van der Waals surface area contributed by atoms with E-state index in [2.05, 4.69) is 15.1 Å². The van der Waals surface area contributed by atoms with Crippen LogP contribution in [0.2, 0.25) is 0 Å². The fraction of sp³-hybridized carbons (Fsp3) is 0.286. The van der Waals surface area contributed by atoms with Gasteiger partial charge in [-0.3, -0.25) is 10.00 Å². The predicted molar refractivity (Wildman–Crippen MR) is 97.6 cm³/mol. The molecular formula is C21H20F3N3. The van der Waals surface area contributed by atoms with Crippen LogP contribution >= 0.6 is 0 Å². The summed E-state index contributed by atoms with van der Waals surface area (Å²) in [5.41, 5.74) is 3.12. The monoisotopic (exact) mass is 371 g/mol. The van der Waals surface area contributed by atoms with E-state index >= 15 is 0 Å². The van der Waals surface area contributed by atoms with Crippen LogP contribution in [0.25, 0.3) is 11.1 Å². The summed E-state index contributed by atoms with van der Waals surface area (Å²) in [5.74, 6) is -1.56. The zero-order valence-corrected chi connectivity index (χ0v) is 14.8. The molecule has 3 nitrogen and oxygen atoms in total. The second-order valence-corrected chi connectivity index (χ2v) is 6.97. The molecule has 1 aromatic heterocycles. The van der Waals surface area contributed by atoms with E-state index in [9.17, 15) is 13.2 Å². The van der Waals surface area contributed by atoms with Crippen molar-refractivity contribution in [2.45, 2.75) is 25.3 Å². The maximum absolute atomic E-state index is 13.9. The molecule has 0 amide bonds. The molecule has 3 aromatic rings. The highest BCUT2D eigenvalue weighted by atomic mass is 19.2. The maximum atomic E-state index is 13.9. The van der Waals surface area contributed by atoms with Gasteiger partial charge in [0.25, 0.3) is 0 Å². The molecule has 0 aliphatic carbocycles. The highest BCUT2D eigenvalue weighted by molar-refractivity contribution is 5.65. The molecule has 2 heterocycles. The van der Waals surface area contributed by atoms with Crippen molar-refractivity contribution in [3.05, 3.63) is 77.4 Å². The summed E-state index contributed by atoms with van der Waals surface area (Å²) in [6.45, 7) is 1.96. The minimum Gasteiger partial charge on any atom is -0.299 e. The fourth-order valence-corrected chi connectivity index (χ4v) is 3.78. The summed E-state index contributed by atoms with van der Waals surface area (Å²) in [7, 11) is 0. The Hall–Kier alpha value is -2.60. The molecule has 4 rings (SSSR count). The van der Waals surface area contributed by atoms with Gasteiger partial charge in [0.2, 0.25) is 0 Å². The van der Waals surface area contributed by atoms with Gasteiger partial charge in [-0.2, -0.15) is 5.10 Å². The number of nitrogens with zero attached hydrogens (tertiary/aromatic N) is 2. The molecule has 0 saturated carbocycles. The Morgan fingerprint density at radius 3 is 2.59 bits per heavy atom. The van der Waals surface area contributed by atoms with Gasteiger partial charge < -0.3 is 0 Å². The third-order valence-corrected chi connectivity index (χ3v) is 5.23. The highest BCUT2D eigenvalue weighted by Gasteiger charge is 2.25. The molecule has 1 N–H and O–H groups in total. The molecule has 1 aliphatic rings. The van der Waals surface area contributed by atoms with E-state index in [0.717, 1.165) is 48.8 Å². The number of aromatic nitrogens is 2. The number of benzene rings is 2. The number of hydrogen-bond donors (Lipinski definition) is 1. The molecule has 140 valence electrons. The number of piperidine rings is 1. The summed E-state index contributed by atoms with van der Waals surface area (Å²) >= 11 is 0. The molecule has 6 heteroatoms. The Morgan fingerprint density at radius 2 is 1.81 bits per heavy atom. The Kier molecular flexibility index (Phi) is 4.99. The first kappa shape index (κ1) is 17.8. The van der Waals surface area contributed by atoms with Crippen LogP contribution in [0, 0.1) is 17.5 Å². The smallest absolute Gasteiger partial charge is 0.163 e. The SMILES string of the molecule is Fc1cccc(-c2cn[nH]c2C2CCN(Cc3cccc(F)c3F)CC2)c1. The third kappa shape index (κ3) is 3.76. The van der Waals surface area contributed by atoms with Crippen LogP contribution in [-0.4, -0.2) is 28.2 Å². The molecule has 0 spiro atoms. The largest absolute Gasteiger partial charge is 0.299 e. The fourth-order valence-electron chi connectivity index (χ4n) is 3.78. The number of nitrogens with one attached hydrogen (secondary N) is 1. The molecule has 0 unspecified atom stereocenters. The van der Waals surface area contributed by atoms with E-state index in [-0.39, 0.29) is 11.7 Å². The van der Waals surface area contributed by atoms with Crippen LogP contribution in [0.4, 0.5) is 13.2 Å². The van der Waals surface area contributed by atoms with Crippen molar-refractivity contribution in [2.75, 3.05) is 13.1 Å². The minimum absolute atomic E-state index is 0.272. The van der Waals surface area contributed by atoms with Crippen LogP contribution in [0.15, 0.2) is 48.7 Å². The summed E-state index contributed by atoms with van der Waals surface area (Å²) in [4.78, 5) is 2.13. The first-order valence-electron chi connectivity index (χ1n) is 9.06. The maximum Gasteiger partial charge on any atom is 0.163 e. The van der Waals surface area contributed by atoms with Crippen LogP contribution in [0.1, 0.15) is 30.0 Å². The van der Waals surface area contributed by atoms with E-state index in [1.165, 1.54) is 18.2 Å². The number of H-pyrrole nitrogens is 1. The lowest BCUT2D eigenvalue weighted by atomic mass is 9.89. The van der Waals surface area contributed by atoms with E-state index < -0.39 is 11.6 Å². The van der Waals surface area contributed by atoms with Gasteiger partial charge in [0.15, 0.2) is 11.6 Å². The number of likely N-dealkylation sites (tertiary alicyclic amines) is 1. The molecule has 0 atom stereocenters. The van der Waals surface area contributed by atoms with E-state index in [0.29, 0.717) is 12.1 Å². The van der Waals surface area contributed by atoms with Crippen LogP contribution in [0.3, 0.4) is 0 Å². The van der Waals surface area contributed by atoms with Gasteiger partial charge in [0, 0.05) is 29.3 Å². The quantitative estimate of drug-likeness (QED) is 0.709. The Labute approximate surface area is 155 Å². The van der Waals surface area contributed by atoms with Crippen molar-refractivity contribution in [2.24, 2.45) is 0 Å². The van der Waals surface area contributed by atoms with Gasteiger partial charge >= 0.3 is 0 Å². The Morgan fingerprint density at radius 1 is 1.04 bits per heavy atom. The van der Waals surface area contributed by atoms with E-state index in [1.807, 2.05) is 6.07 Å². The molecule has 1 saturated heterocycles. The van der Waals surface area contributed by atoms with Crippen LogP contribution < -0.4 is 0 Å². The number of halogens is 3. The van der Waals surface area contributed by atoms with E-state index in [1.54, 1.807) is 18.3 Å². The standard InChI is InChI=1S/C21H20F3N3/c22-17-5-1-3-15(11-17)18-12-25-26-21(18)14-7-9-27(10-8-14)13-16-4-2-6-19(23)20(16)24/h1-6,11-12,14H,7-10,13H2,(H,25,26). The molecular weight excluding hydrogens is 351 g/mol. The molecule has 0 radical (unpaired) electrons. The van der Waals surface area contributed by atoms with Gasteiger partial charge in [-0.05, 0) is 49.7 Å². The van der Waals surface area contributed by atoms with Gasteiger partial charge in [-0.25, -0.2) is 13.2 Å². The summed E-state index contributed by atoms with van der Waals surface area (Å²) in [6.07, 6.45) is 3.49. The van der Waals surface area contributed by atoms with E-state index in [4.69, 9.17) is 0 Å². The second-order valence-electron chi connectivity index (χ2n) is 6.97. The third-order valence-electron chi connectivity index (χ3n) is 5.23. The second kappa shape index (κ2) is 7.56. The lowest BCUT2D eigenvalue weighted by Crippen LogP contribution is -2.33. The van der Waals surface area contributed by atoms with Gasteiger partial charge in [-0.1, -0.05) is 24.3 Å². The minimum atomic E-state index is -0.806. The zero-order valence-electron chi connectivity index (χ0n) is 14.8. The van der Waals surface area contributed by atoms with Gasteiger partial charge in [0.05, 0.1) is 6.20 Å². The Bertz CT molecular complexity index is 930. The van der Waals surface area contributed by atoms with Gasteiger partial charge in [-0.15, -0.1) is 0 Å². The zero-order chi connectivity index (χ0) is 18.8. The molecule has 1 fully saturated rings. The van der Waals surface area contributed by atoms with Crippen molar-refractivity contribution < 1.29 is 13.2 Å². The van der Waals surface area contributed by atoms with Crippen molar-refractivity contribution >= 4 is 0 Å². The van der Waals surface area contributed by atoms with Crippen molar-refractivity contribution in [3.8, 4) is 11.1 Å². The first-order chi connectivity index (χ1) is 13.1. The topological polar surface area (TPSA) is 31.9 Å². The van der Waals surface area contributed by atoms with Crippen molar-refractivity contribution in [1.29, 1.82) is 0 Å². The van der Waals surface area contributed by atoms with Crippen molar-refractivity contribution in [1.82, 2.24) is 15.1 Å². The van der Waals surface area contributed by atoms with Crippen molar-refractivity contribution in [3.63, 3.8) is 0 Å². The average molecular weight is 371 g/mol. The number of aromatic amines is 1. The van der Waals surface area contributed by atoms with Crippen LogP contribution in [-0.2, 0) is 6.54 Å². The van der Waals surface area contributed by atoms with Crippen LogP contribution in [0.5, 0.6) is 0 Å². The molecule has 1 aliphatic heterocycles. The lowest BCUT2D eigenvalue weighted by molar-refractivity contribution is 0.200. The number of hydrogen-bond acceptors (Lipinski definition) is 2. The molecule has 0 bridgehead atoms. The normalized spacial score (nSPS) is 16.0. The molecule has 2 aromatic carbocycles. The summed E-state index contributed by atoms with van der Waals surface area (Å²) in [6, 6.07) is 10.8. The molecule has 27 heavy (non-hydrogen) atoms. The predicted octanol–water partition coefficient (Wildman–Crippen LogP) is 4.87. The summed E-state index contributed by atoms with van der Waals surface area (Å²) < 4.78 is 40.8. The lowest BCUT2D eigenvalue weighted by Gasteiger charge is -2.32.